The van der Waals surface area contributed by atoms with E-state index in [1.807, 2.05) is 0 Å². The van der Waals surface area contributed by atoms with Gasteiger partial charge >= 0.3 is 0 Å². The number of hydrogen-bond acceptors (Lipinski definition) is 2. The molecule has 1 heterocycles. The van der Waals surface area contributed by atoms with Gasteiger partial charge in [0.05, 0.1) is 0 Å². The molecule has 1 saturated heterocycles. The Balaban J connectivity index is 2.14. The van der Waals surface area contributed by atoms with Crippen molar-refractivity contribution in [3.8, 4) is 0 Å². The molecule has 2 N–H and O–H groups in total. The lowest BCUT2D eigenvalue weighted by atomic mass is 9.85. The Morgan fingerprint density at radius 2 is 2.00 bits per heavy atom. The van der Waals surface area contributed by atoms with E-state index < -0.39 is 0 Å². The molecule has 0 spiro atoms. The summed E-state index contributed by atoms with van der Waals surface area (Å²) in [5, 5.41) is 7.14. The lowest BCUT2D eigenvalue weighted by Crippen LogP contribution is -2.38. The van der Waals surface area contributed by atoms with Crippen molar-refractivity contribution in [2.75, 3.05) is 18.4 Å². The SMILES string of the molecule is CC(C)(C)c1ccccc1NC1CCCNC1. The van der Waals surface area contributed by atoms with Crippen molar-refractivity contribution >= 4 is 5.69 Å². The molecule has 0 amide bonds. The fraction of sp³-hybridized carbons (Fsp3) is 0.600. The highest BCUT2D eigenvalue weighted by Gasteiger charge is 2.19. The third-order valence-corrected chi connectivity index (χ3v) is 3.39. The van der Waals surface area contributed by atoms with E-state index in [1.54, 1.807) is 0 Å². The van der Waals surface area contributed by atoms with Crippen LogP contribution in [-0.4, -0.2) is 19.1 Å². The highest BCUT2D eigenvalue weighted by Crippen LogP contribution is 2.30. The van der Waals surface area contributed by atoms with Crippen LogP contribution in [0.2, 0.25) is 0 Å². The van der Waals surface area contributed by atoms with Gasteiger partial charge in [-0.25, -0.2) is 0 Å². The molecule has 1 fully saturated rings. The van der Waals surface area contributed by atoms with Crippen molar-refractivity contribution < 1.29 is 0 Å². The van der Waals surface area contributed by atoms with Gasteiger partial charge in [0.15, 0.2) is 0 Å². The molecule has 0 radical (unpaired) electrons. The predicted molar refractivity (Wildman–Crippen MR) is 74.7 cm³/mol. The number of hydrogen-bond donors (Lipinski definition) is 2. The lowest BCUT2D eigenvalue weighted by molar-refractivity contribution is 0.478. The van der Waals surface area contributed by atoms with Crippen molar-refractivity contribution in [2.45, 2.75) is 45.1 Å². The molecule has 1 aromatic carbocycles. The molecule has 0 saturated carbocycles. The second-order valence-electron chi connectivity index (χ2n) is 5.98. The molecule has 2 rings (SSSR count). The first kappa shape index (κ1) is 12.4. The molecule has 1 atom stereocenters. The summed E-state index contributed by atoms with van der Waals surface area (Å²) in [5.74, 6) is 0. The van der Waals surface area contributed by atoms with Gasteiger partial charge in [-0.2, -0.15) is 0 Å². The third-order valence-electron chi connectivity index (χ3n) is 3.39. The van der Waals surface area contributed by atoms with Gasteiger partial charge in [0.1, 0.15) is 0 Å². The molecule has 17 heavy (non-hydrogen) atoms. The third kappa shape index (κ3) is 3.22. The first-order valence-electron chi connectivity index (χ1n) is 6.64. The second kappa shape index (κ2) is 5.09. The van der Waals surface area contributed by atoms with Crippen molar-refractivity contribution in [1.82, 2.24) is 5.32 Å². The summed E-state index contributed by atoms with van der Waals surface area (Å²) in [4.78, 5) is 0. The van der Waals surface area contributed by atoms with Gasteiger partial charge in [-0.1, -0.05) is 39.0 Å². The Labute approximate surface area is 105 Å². The number of benzene rings is 1. The van der Waals surface area contributed by atoms with E-state index in [2.05, 4.69) is 55.7 Å². The van der Waals surface area contributed by atoms with Crippen molar-refractivity contribution in [2.24, 2.45) is 0 Å². The highest BCUT2D eigenvalue weighted by atomic mass is 15.0. The van der Waals surface area contributed by atoms with Crippen LogP contribution >= 0.6 is 0 Å². The Bertz CT molecular complexity index is 359. The maximum Gasteiger partial charge on any atom is 0.0386 e. The van der Waals surface area contributed by atoms with Crippen LogP contribution in [0.15, 0.2) is 24.3 Å². The zero-order valence-corrected chi connectivity index (χ0v) is 11.2. The largest absolute Gasteiger partial charge is 0.381 e. The number of para-hydroxylation sites is 1. The second-order valence-corrected chi connectivity index (χ2v) is 5.98. The Morgan fingerprint density at radius 1 is 1.24 bits per heavy atom. The van der Waals surface area contributed by atoms with Gasteiger partial charge in [0, 0.05) is 18.3 Å². The minimum absolute atomic E-state index is 0.200. The van der Waals surface area contributed by atoms with E-state index in [-0.39, 0.29) is 5.41 Å². The zero-order chi connectivity index (χ0) is 12.3. The summed E-state index contributed by atoms with van der Waals surface area (Å²) in [5.41, 5.74) is 2.91. The average molecular weight is 232 g/mol. The Morgan fingerprint density at radius 3 is 2.65 bits per heavy atom. The summed E-state index contributed by atoms with van der Waals surface area (Å²) in [6, 6.07) is 9.26. The normalized spacial score (nSPS) is 21.2. The fourth-order valence-electron chi connectivity index (χ4n) is 2.46. The first-order valence-corrected chi connectivity index (χ1v) is 6.64. The highest BCUT2D eigenvalue weighted by molar-refractivity contribution is 5.54. The van der Waals surface area contributed by atoms with Crippen LogP contribution in [0.1, 0.15) is 39.2 Å². The van der Waals surface area contributed by atoms with Crippen molar-refractivity contribution in [1.29, 1.82) is 0 Å². The van der Waals surface area contributed by atoms with E-state index in [1.165, 1.54) is 30.6 Å². The maximum absolute atomic E-state index is 3.69. The molecule has 2 heteroatoms. The summed E-state index contributed by atoms with van der Waals surface area (Å²) in [6.07, 6.45) is 2.54. The van der Waals surface area contributed by atoms with E-state index in [4.69, 9.17) is 0 Å². The van der Waals surface area contributed by atoms with Crippen LogP contribution in [0.5, 0.6) is 0 Å². The number of anilines is 1. The topological polar surface area (TPSA) is 24.1 Å². The molecule has 94 valence electrons. The molecule has 1 aliphatic heterocycles. The van der Waals surface area contributed by atoms with Crippen molar-refractivity contribution in [3.63, 3.8) is 0 Å². The minimum atomic E-state index is 0.200. The van der Waals surface area contributed by atoms with Crippen LogP contribution in [0.25, 0.3) is 0 Å². The fourth-order valence-corrected chi connectivity index (χ4v) is 2.46. The van der Waals surface area contributed by atoms with Crippen LogP contribution in [-0.2, 0) is 5.41 Å². The maximum atomic E-state index is 3.69. The predicted octanol–water partition coefficient (Wildman–Crippen LogP) is 3.15. The van der Waals surface area contributed by atoms with E-state index >= 15 is 0 Å². The number of nitrogens with one attached hydrogen (secondary N) is 2. The average Bonchev–Trinajstić information content (AvgIpc) is 2.30. The zero-order valence-electron chi connectivity index (χ0n) is 11.2. The lowest BCUT2D eigenvalue weighted by Gasteiger charge is -2.29. The van der Waals surface area contributed by atoms with Gasteiger partial charge in [0.25, 0.3) is 0 Å². The Kier molecular flexibility index (Phi) is 3.72. The van der Waals surface area contributed by atoms with Gasteiger partial charge in [-0.05, 0) is 36.4 Å². The molecule has 0 bridgehead atoms. The van der Waals surface area contributed by atoms with Gasteiger partial charge < -0.3 is 10.6 Å². The van der Waals surface area contributed by atoms with Crippen molar-refractivity contribution in [3.05, 3.63) is 29.8 Å². The van der Waals surface area contributed by atoms with E-state index in [0.717, 1.165) is 6.54 Å². The molecule has 0 aromatic heterocycles. The van der Waals surface area contributed by atoms with Crippen LogP contribution in [0.3, 0.4) is 0 Å². The molecule has 1 aromatic rings. The van der Waals surface area contributed by atoms with Gasteiger partial charge in [0.2, 0.25) is 0 Å². The summed E-state index contributed by atoms with van der Waals surface area (Å²) in [6.45, 7) is 9.06. The molecule has 0 aliphatic carbocycles. The molecular formula is C15H24N2. The van der Waals surface area contributed by atoms with E-state index in [0.29, 0.717) is 6.04 Å². The first-order chi connectivity index (χ1) is 8.07. The number of rotatable bonds is 2. The molecule has 1 aliphatic rings. The molecular weight excluding hydrogens is 208 g/mol. The Hall–Kier alpha value is -1.02. The van der Waals surface area contributed by atoms with Gasteiger partial charge in [-0.15, -0.1) is 0 Å². The number of piperidine rings is 1. The monoisotopic (exact) mass is 232 g/mol. The standard InChI is InChI=1S/C15H24N2/c1-15(2,3)13-8-4-5-9-14(13)17-12-7-6-10-16-11-12/h4-5,8-9,12,16-17H,6-7,10-11H2,1-3H3. The summed E-state index contributed by atoms with van der Waals surface area (Å²) >= 11 is 0. The van der Waals surface area contributed by atoms with Crippen LogP contribution < -0.4 is 10.6 Å². The summed E-state index contributed by atoms with van der Waals surface area (Å²) < 4.78 is 0. The smallest absolute Gasteiger partial charge is 0.0386 e. The molecule has 1 unspecified atom stereocenters. The quantitative estimate of drug-likeness (QED) is 0.818. The van der Waals surface area contributed by atoms with Crippen LogP contribution in [0.4, 0.5) is 5.69 Å². The minimum Gasteiger partial charge on any atom is -0.381 e. The summed E-state index contributed by atoms with van der Waals surface area (Å²) in [7, 11) is 0. The van der Waals surface area contributed by atoms with Crippen LogP contribution in [0, 0.1) is 0 Å². The molecule has 2 nitrogen and oxygen atoms in total. The van der Waals surface area contributed by atoms with E-state index in [9.17, 15) is 0 Å². The van der Waals surface area contributed by atoms with Gasteiger partial charge in [-0.3, -0.25) is 0 Å².